The molecule has 1 heterocycles. The normalized spacial score (nSPS) is 16.4. The van der Waals surface area contributed by atoms with Crippen LogP contribution in [0.1, 0.15) is 86.5 Å². The zero-order valence-electron chi connectivity index (χ0n) is 46.5. The van der Waals surface area contributed by atoms with Crippen molar-refractivity contribution in [1.29, 1.82) is 0 Å². The van der Waals surface area contributed by atoms with Crippen LogP contribution in [0.3, 0.4) is 0 Å². The number of benzene rings is 4. The van der Waals surface area contributed by atoms with Gasteiger partial charge in [0.1, 0.15) is 0 Å². The average Bonchev–Trinajstić information content (AvgIpc) is 4.11. The molecule has 0 atom stereocenters. The van der Waals surface area contributed by atoms with Gasteiger partial charge < -0.3 is 65.4 Å². The van der Waals surface area contributed by atoms with E-state index in [0.717, 1.165) is 24.3 Å². The number of carbonyl (C=O) groups excluding carboxylic acids is 8. The summed E-state index contributed by atoms with van der Waals surface area (Å²) in [4.78, 5) is 125. The summed E-state index contributed by atoms with van der Waals surface area (Å²) in [6.45, 7) is -0.317. The highest BCUT2D eigenvalue weighted by atomic mass is 16.7. The molecule has 0 amide bonds. The van der Waals surface area contributed by atoms with Crippen molar-refractivity contribution in [2.45, 2.75) is 89.9 Å². The number of esters is 8. The Morgan fingerprint density at radius 1 is 0.435 bits per heavy atom. The molecule has 2 saturated carbocycles. The lowest BCUT2D eigenvalue weighted by Crippen LogP contribution is -2.29. The fraction of sp³-hybridized carbons (Fsp3) is 0.421. The molecule has 28 nitrogen and oxygen atoms in total. The van der Waals surface area contributed by atoms with Crippen molar-refractivity contribution >= 4 is 77.0 Å². The third-order valence-electron chi connectivity index (χ3n) is 12.9. The Morgan fingerprint density at radius 2 is 0.647 bits per heavy atom. The Bertz CT molecular complexity index is 2610. The summed E-state index contributed by atoms with van der Waals surface area (Å²) in [7, 11) is 0. The number of anilines is 2. The largest absolute Gasteiger partial charge is 0.483 e. The Balaban J connectivity index is 0.000000391. The molecule has 460 valence electrons. The van der Waals surface area contributed by atoms with Gasteiger partial charge in [0.25, 0.3) is 17.8 Å². The van der Waals surface area contributed by atoms with E-state index in [-0.39, 0.29) is 61.5 Å². The van der Waals surface area contributed by atoms with Crippen LogP contribution in [0.4, 0.5) is 22.7 Å². The van der Waals surface area contributed by atoms with Crippen molar-refractivity contribution in [2.24, 2.45) is 23.7 Å². The van der Waals surface area contributed by atoms with Crippen LogP contribution < -0.4 is 17.6 Å². The first-order valence-electron chi connectivity index (χ1n) is 26.4. The van der Waals surface area contributed by atoms with Gasteiger partial charge in [-0.1, -0.05) is 48.5 Å². The van der Waals surface area contributed by atoms with E-state index < -0.39 is 96.6 Å². The zero-order chi connectivity index (χ0) is 61.2. The lowest BCUT2D eigenvalue weighted by molar-refractivity contribution is -0.385. The predicted octanol–water partition coefficient (Wildman–Crippen LogP) is 6.37. The second-order valence-electron chi connectivity index (χ2n) is 18.9. The van der Waals surface area contributed by atoms with Gasteiger partial charge in [0, 0.05) is 48.9 Å². The molecule has 1 aliphatic heterocycles. The summed E-state index contributed by atoms with van der Waals surface area (Å²) >= 11 is 0. The van der Waals surface area contributed by atoms with Crippen LogP contribution in [0.15, 0.2) is 97.1 Å². The monoisotopic (exact) mass is 1190 g/mol. The maximum Gasteiger partial charge on any atom is 0.313 e. The van der Waals surface area contributed by atoms with Crippen molar-refractivity contribution < 1.29 is 101 Å². The van der Waals surface area contributed by atoms with Gasteiger partial charge in [-0.3, -0.25) is 63.4 Å². The molecule has 0 aromatic heterocycles. The molecule has 0 spiro atoms. The van der Waals surface area contributed by atoms with Crippen LogP contribution in [0.2, 0.25) is 0 Å². The van der Waals surface area contributed by atoms with Gasteiger partial charge in [-0.05, 0) is 111 Å². The van der Waals surface area contributed by atoms with Gasteiger partial charge in [-0.25, -0.2) is 0 Å². The number of hydrogen-bond donors (Lipinski definition) is 4. The zero-order valence-corrected chi connectivity index (χ0v) is 46.5. The molecule has 1 saturated heterocycles. The smallest absolute Gasteiger partial charge is 0.313 e. The molecule has 3 fully saturated rings. The van der Waals surface area contributed by atoms with Crippen molar-refractivity contribution in [3.63, 3.8) is 0 Å². The summed E-state index contributed by atoms with van der Waals surface area (Å²) in [5, 5.41) is 28.2. The van der Waals surface area contributed by atoms with Crippen molar-refractivity contribution in [3.05, 3.63) is 140 Å². The molecular formula is C57H69N5O23. The highest BCUT2D eigenvalue weighted by molar-refractivity contribution is 5.78. The van der Waals surface area contributed by atoms with Gasteiger partial charge in [0.05, 0.1) is 59.2 Å². The summed E-state index contributed by atoms with van der Waals surface area (Å²) < 4.78 is 44.9. The molecule has 85 heavy (non-hydrogen) atoms. The van der Waals surface area contributed by atoms with Crippen LogP contribution in [-0.4, -0.2) is 110 Å². The highest BCUT2D eigenvalue weighted by Gasteiger charge is 2.33. The van der Waals surface area contributed by atoms with E-state index in [2.05, 4.69) is 0 Å². The number of nitro benzene ring substituents is 2. The van der Waals surface area contributed by atoms with E-state index in [1.165, 1.54) is 61.4 Å². The lowest BCUT2D eigenvalue weighted by atomic mass is 9.82. The number of nitro groups is 2. The third kappa shape index (κ3) is 27.4. The number of ether oxygens (including phenoxy) is 9. The molecule has 2 aliphatic carbocycles. The van der Waals surface area contributed by atoms with Crippen LogP contribution in [-0.2, 0) is 111 Å². The first kappa shape index (κ1) is 69.7. The Kier molecular flexibility index (Phi) is 31.4. The fourth-order valence-corrected chi connectivity index (χ4v) is 8.34. The second kappa shape index (κ2) is 38.3. The quantitative estimate of drug-likeness (QED) is 0.0126. The van der Waals surface area contributed by atoms with E-state index in [4.69, 9.17) is 64.0 Å². The number of nitrogens with two attached hydrogens (primary N) is 2. The topological polar surface area (TPSA) is 430 Å². The first-order chi connectivity index (χ1) is 40.3. The molecule has 4 aromatic carbocycles. The minimum Gasteiger partial charge on any atom is -0.483 e. The fourth-order valence-electron chi connectivity index (χ4n) is 8.34. The van der Waals surface area contributed by atoms with Crippen LogP contribution in [0.5, 0.6) is 0 Å². The standard InChI is InChI=1S/C26H26N2O12.C26H30N2O8.C4H8O.CH2O2.H3N/c29-23(13-17-1-9-21(10-2-17)27(33)34)37-15-39-25(31)19-5-7-20(8-6-19)26(32)40-16-38-24(30)14-18-3-11-22(12-4-18)28(35)36;27-21-9-1-17(2-10-21)13-23(29)33-15-35-25(31)19-5-7-20(8-6-19)26(32)36-16-34-24(30)14-18-3-11-22(28)12-4-18;1-2-4-5-3-1;2-1-3;/h1-4,9-12,19-20H,5-8,13-16H2;1-4,9-12,19-20H,5-8,13-16,27-28H2;1-4H2;1H,(H,2,3);1H3. The summed E-state index contributed by atoms with van der Waals surface area (Å²) in [6, 6.07) is 24.4. The van der Waals surface area contributed by atoms with Gasteiger partial charge in [-0.15, -0.1) is 0 Å². The Morgan fingerprint density at radius 3 is 0.835 bits per heavy atom. The molecule has 7 rings (SSSR count). The molecule has 0 unspecified atom stereocenters. The maximum atomic E-state index is 12.3. The summed E-state index contributed by atoms with van der Waals surface area (Å²) in [5.74, 6) is -6.16. The van der Waals surface area contributed by atoms with Gasteiger partial charge >= 0.3 is 47.8 Å². The number of hydrogen-bond acceptors (Lipinski definition) is 25. The molecule has 28 heteroatoms. The highest BCUT2D eigenvalue weighted by Crippen LogP contribution is 2.32. The first-order valence-corrected chi connectivity index (χ1v) is 26.4. The second-order valence-corrected chi connectivity index (χ2v) is 18.9. The van der Waals surface area contributed by atoms with E-state index in [9.17, 15) is 58.6 Å². The lowest BCUT2D eigenvalue weighted by Gasteiger charge is -2.25. The molecule has 8 N–H and O–H groups in total. The number of carbonyl (C=O) groups is 9. The van der Waals surface area contributed by atoms with Crippen LogP contribution >= 0.6 is 0 Å². The minimum absolute atomic E-state index is 0. The van der Waals surface area contributed by atoms with Crippen LogP contribution in [0, 0.1) is 43.9 Å². The summed E-state index contributed by atoms with van der Waals surface area (Å²) in [6.07, 6.45) is 5.54. The SMILES string of the molecule is C1CCOC1.N.Nc1ccc(CC(=O)OCOC(=O)C2CCC(C(=O)OCOC(=O)Cc3ccc(N)cc3)CC2)cc1.O=C(Cc1ccc([N+](=O)[O-])cc1)OCOC(=O)C1CCC(C(=O)OCOC(=O)Cc2ccc([N+](=O)[O-])cc2)CC1.O=CO. The summed E-state index contributed by atoms with van der Waals surface area (Å²) in [5.41, 5.74) is 14.7. The molecular weight excluding hydrogens is 1120 g/mol. The van der Waals surface area contributed by atoms with Gasteiger partial charge in [-0.2, -0.15) is 0 Å². The number of rotatable bonds is 22. The van der Waals surface area contributed by atoms with E-state index >= 15 is 0 Å². The molecule has 0 radical (unpaired) electrons. The maximum absolute atomic E-state index is 12.3. The molecule has 3 aliphatic rings. The third-order valence-corrected chi connectivity index (χ3v) is 12.9. The Hall–Kier alpha value is -9.57. The predicted molar refractivity (Wildman–Crippen MR) is 296 cm³/mol. The minimum atomic E-state index is -0.665. The van der Waals surface area contributed by atoms with Gasteiger partial charge in [0.2, 0.25) is 27.2 Å². The van der Waals surface area contributed by atoms with Crippen LogP contribution in [0.25, 0.3) is 0 Å². The van der Waals surface area contributed by atoms with Crippen molar-refractivity contribution in [2.75, 3.05) is 51.9 Å². The molecule has 4 aromatic rings. The van der Waals surface area contributed by atoms with E-state index in [0.29, 0.717) is 73.9 Å². The number of carboxylic acid groups (broad SMARTS) is 1. The van der Waals surface area contributed by atoms with Crippen molar-refractivity contribution in [1.82, 2.24) is 6.15 Å². The number of nitrogens with zero attached hydrogens (tertiary/aromatic N) is 2. The van der Waals surface area contributed by atoms with Gasteiger partial charge in [0.15, 0.2) is 0 Å². The average molecular weight is 1190 g/mol. The van der Waals surface area contributed by atoms with Crippen molar-refractivity contribution in [3.8, 4) is 0 Å². The van der Waals surface area contributed by atoms with E-state index in [1.54, 1.807) is 48.5 Å². The Labute approximate surface area is 487 Å². The van der Waals surface area contributed by atoms with E-state index in [1.807, 2.05) is 0 Å². The number of nitrogen functional groups attached to an aromatic ring is 2. The number of non-ortho nitro benzene ring substituents is 2. The molecule has 0 bridgehead atoms.